The molecule has 1 aliphatic rings. The topological polar surface area (TPSA) is 54.8 Å². The highest BCUT2D eigenvalue weighted by atomic mass is 32.1. The molecule has 0 saturated carbocycles. The average Bonchev–Trinajstić information content (AvgIpc) is 3.12. The number of rotatable bonds is 7. The van der Waals surface area contributed by atoms with Crippen LogP contribution in [0.25, 0.3) is 10.2 Å². The highest BCUT2D eigenvalue weighted by molar-refractivity contribution is 7.20. The van der Waals surface area contributed by atoms with Crippen LogP contribution in [0.1, 0.15) is 12.8 Å². The maximum Gasteiger partial charge on any atom is 0.279 e. The van der Waals surface area contributed by atoms with Crippen LogP contribution in [-0.2, 0) is 0 Å². The Labute approximate surface area is 163 Å². The van der Waals surface area contributed by atoms with Gasteiger partial charge in [-0.1, -0.05) is 23.5 Å². The van der Waals surface area contributed by atoms with E-state index in [1.807, 2.05) is 48.5 Å². The number of ether oxygens (including phenoxy) is 2. The number of aromatic nitrogens is 1. The Morgan fingerprint density at radius 1 is 1.11 bits per heavy atom. The summed E-state index contributed by atoms with van der Waals surface area (Å²) in [6.45, 7) is 3.88. The number of likely N-dealkylation sites (tertiary alicyclic amines) is 1. The van der Waals surface area contributed by atoms with Crippen LogP contribution in [0.5, 0.6) is 16.7 Å². The molecule has 0 spiro atoms. The lowest BCUT2D eigenvalue weighted by Gasteiger charge is -2.31. The van der Waals surface area contributed by atoms with Crippen LogP contribution < -0.4 is 9.47 Å². The Morgan fingerprint density at radius 2 is 1.93 bits per heavy atom. The lowest BCUT2D eigenvalue weighted by molar-refractivity contribution is 0.107. The highest BCUT2D eigenvalue weighted by Crippen LogP contribution is 2.31. The predicted molar refractivity (Wildman–Crippen MR) is 108 cm³/mol. The number of para-hydroxylation sites is 1. The molecule has 4 rings (SSSR count). The molecule has 0 bridgehead atoms. The minimum atomic E-state index is 0.285. The van der Waals surface area contributed by atoms with Gasteiger partial charge >= 0.3 is 0 Å². The summed E-state index contributed by atoms with van der Waals surface area (Å²) in [7, 11) is 0. The van der Waals surface area contributed by atoms with Crippen molar-refractivity contribution in [2.75, 3.05) is 32.8 Å². The van der Waals surface area contributed by atoms with E-state index >= 15 is 0 Å². The van der Waals surface area contributed by atoms with Crippen molar-refractivity contribution >= 4 is 21.6 Å². The van der Waals surface area contributed by atoms with E-state index in [1.165, 1.54) is 0 Å². The number of hydrogen-bond donors (Lipinski definition) is 1. The quantitative estimate of drug-likeness (QED) is 0.662. The summed E-state index contributed by atoms with van der Waals surface area (Å²) in [5, 5.41) is 9.96. The normalized spacial score (nSPS) is 17.9. The maximum atomic E-state index is 9.31. The second kappa shape index (κ2) is 8.69. The molecule has 1 N–H and O–H groups in total. The van der Waals surface area contributed by atoms with E-state index in [2.05, 4.69) is 9.88 Å². The van der Waals surface area contributed by atoms with E-state index in [0.29, 0.717) is 17.7 Å². The van der Waals surface area contributed by atoms with E-state index < -0.39 is 0 Å². The van der Waals surface area contributed by atoms with E-state index in [1.54, 1.807) is 11.3 Å². The Hall–Kier alpha value is -2.15. The number of aliphatic hydroxyl groups excluding tert-OH is 1. The van der Waals surface area contributed by atoms with Crippen molar-refractivity contribution in [1.29, 1.82) is 0 Å². The molecule has 142 valence electrons. The second-order valence-electron chi connectivity index (χ2n) is 6.86. The molecule has 1 fully saturated rings. The minimum absolute atomic E-state index is 0.285. The van der Waals surface area contributed by atoms with Crippen LogP contribution >= 0.6 is 11.3 Å². The standard InChI is InChI=1S/C21H24N2O3S/c24-15-16-4-3-11-23(14-16)12-13-25-17-7-9-18(10-8-17)26-21-22-19-5-1-2-6-20(19)27-21/h1-2,5-10,16,24H,3-4,11-15H2. The zero-order valence-electron chi connectivity index (χ0n) is 15.2. The van der Waals surface area contributed by atoms with E-state index in [0.717, 1.165) is 54.2 Å². The monoisotopic (exact) mass is 384 g/mol. The first-order chi connectivity index (χ1) is 13.3. The third-order valence-electron chi connectivity index (χ3n) is 4.84. The Balaban J connectivity index is 1.27. The van der Waals surface area contributed by atoms with Crippen molar-refractivity contribution < 1.29 is 14.6 Å². The second-order valence-corrected chi connectivity index (χ2v) is 7.85. The van der Waals surface area contributed by atoms with E-state index in [-0.39, 0.29) is 6.61 Å². The van der Waals surface area contributed by atoms with Gasteiger partial charge in [-0.2, -0.15) is 0 Å². The Bertz CT molecular complexity index is 832. The molecule has 0 aliphatic carbocycles. The van der Waals surface area contributed by atoms with Crippen LogP contribution in [0, 0.1) is 5.92 Å². The molecule has 27 heavy (non-hydrogen) atoms. The molecular formula is C21H24N2O3S. The van der Waals surface area contributed by atoms with Crippen LogP contribution in [0.15, 0.2) is 48.5 Å². The molecular weight excluding hydrogens is 360 g/mol. The average molecular weight is 385 g/mol. The third-order valence-corrected chi connectivity index (χ3v) is 5.76. The molecule has 1 aromatic heterocycles. The summed E-state index contributed by atoms with van der Waals surface area (Å²) < 4.78 is 12.8. The van der Waals surface area contributed by atoms with Crippen LogP contribution in [0.4, 0.5) is 0 Å². The van der Waals surface area contributed by atoms with Crippen molar-refractivity contribution in [3.05, 3.63) is 48.5 Å². The summed E-state index contributed by atoms with van der Waals surface area (Å²) in [6, 6.07) is 15.7. The number of thiazole rings is 1. The molecule has 0 amide bonds. The van der Waals surface area contributed by atoms with Gasteiger partial charge in [-0.15, -0.1) is 0 Å². The van der Waals surface area contributed by atoms with Crippen molar-refractivity contribution in [3.8, 4) is 16.7 Å². The number of hydrogen-bond acceptors (Lipinski definition) is 6. The van der Waals surface area contributed by atoms with Gasteiger partial charge in [0.1, 0.15) is 18.1 Å². The van der Waals surface area contributed by atoms with Gasteiger partial charge in [-0.3, -0.25) is 4.90 Å². The molecule has 6 heteroatoms. The minimum Gasteiger partial charge on any atom is -0.492 e. The van der Waals surface area contributed by atoms with Crippen molar-refractivity contribution in [2.24, 2.45) is 5.92 Å². The van der Waals surface area contributed by atoms with Gasteiger partial charge in [0, 0.05) is 19.7 Å². The molecule has 0 radical (unpaired) electrons. The fourth-order valence-electron chi connectivity index (χ4n) is 3.40. The molecule has 1 unspecified atom stereocenters. The number of piperidine rings is 1. The zero-order chi connectivity index (χ0) is 18.5. The first-order valence-electron chi connectivity index (χ1n) is 9.39. The number of aliphatic hydroxyl groups is 1. The van der Waals surface area contributed by atoms with Gasteiger partial charge in [0.15, 0.2) is 0 Å². The van der Waals surface area contributed by atoms with Gasteiger partial charge in [-0.05, 0) is 61.7 Å². The van der Waals surface area contributed by atoms with Gasteiger partial charge in [0.25, 0.3) is 5.19 Å². The lowest BCUT2D eigenvalue weighted by Crippen LogP contribution is -2.39. The molecule has 1 saturated heterocycles. The number of benzene rings is 2. The Kier molecular flexibility index (Phi) is 5.87. The van der Waals surface area contributed by atoms with Crippen LogP contribution in [0.2, 0.25) is 0 Å². The lowest BCUT2D eigenvalue weighted by atomic mass is 9.99. The van der Waals surface area contributed by atoms with Crippen molar-refractivity contribution in [3.63, 3.8) is 0 Å². The van der Waals surface area contributed by atoms with Gasteiger partial charge in [0.2, 0.25) is 0 Å². The van der Waals surface area contributed by atoms with Crippen molar-refractivity contribution in [1.82, 2.24) is 9.88 Å². The van der Waals surface area contributed by atoms with Crippen LogP contribution in [-0.4, -0.2) is 47.8 Å². The number of fused-ring (bicyclic) bond motifs is 1. The first kappa shape index (κ1) is 18.2. The fraction of sp³-hybridized carbons (Fsp3) is 0.381. The van der Waals surface area contributed by atoms with Crippen molar-refractivity contribution in [2.45, 2.75) is 12.8 Å². The summed E-state index contributed by atoms with van der Waals surface area (Å²) >= 11 is 1.54. The predicted octanol–water partition coefficient (Wildman–Crippen LogP) is 4.17. The molecule has 5 nitrogen and oxygen atoms in total. The molecule has 1 atom stereocenters. The zero-order valence-corrected chi connectivity index (χ0v) is 16.0. The summed E-state index contributed by atoms with van der Waals surface area (Å²) in [6.07, 6.45) is 2.28. The van der Waals surface area contributed by atoms with Crippen LogP contribution in [0.3, 0.4) is 0 Å². The largest absolute Gasteiger partial charge is 0.492 e. The smallest absolute Gasteiger partial charge is 0.279 e. The highest BCUT2D eigenvalue weighted by Gasteiger charge is 2.18. The maximum absolute atomic E-state index is 9.31. The molecule has 2 aromatic carbocycles. The molecule has 3 aromatic rings. The fourth-order valence-corrected chi connectivity index (χ4v) is 4.23. The van der Waals surface area contributed by atoms with Gasteiger partial charge in [0.05, 0.1) is 10.2 Å². The first-order valence-corrected chi connectivity index (χ1v) is 10.2. The summed E-state index contributed by atoms with van der Waals surface area (Å²) in [5.74, 6) is 2.00. The molecule has 2 heterocycles. The molecule has 1 aliphatic heterocycles. The van der Waals surface area contributed by atoms with Gasteiger partial charge in [-0.25, -0.2) is 4.98 Å². The number of nitrogens with zero attached hydrogens (tertiary/aromatic N) is 2. The SMILES string of the molecule is OCC1CCCN(CCOc2ccc(Oc3nc4ccccc4s3)cc2)C1. The Morgan fingerprint density at radius 3 is 2.74 bits per heavy atom. The van der Waals surface area contributed by atoms with Gasteiger partial charge < -0.3 is 14.6 Å². The van der Waals surface area contributed by atoms with E-state index in [9.17, 15) is 5.11 Å². The summed E-state index contributed by atoms with van der Waals surface area (Å²) in [4.78, 5) is 6.86. The summed E-state index contributed by atoms with van der Waals surface area (Å²) in [5.41, 5.74) is 0.957. The van der Waals surface area contributed by atoms with E-state index in [4.69, 9.17) is 9.47 Å². The third kappa shape index (κ3) is 4.77.